The Labute approximate surface area is 180 Å². The van der Waals surface area contributed by atoms with Crippen molar-refractivity contribution in [3.05, 3.63) is 48.3 Å². The van der Waals surface area contributed by atoms with Crippen LogP contribution in [0.15, 0.2) is 47.4 Å². The molecule has 0 saturated carbocycles. The minimum Gasteiger partial charge on any atom is -0.483 e. The fourth-order valence-corrected chi connectivity index (χ4v) is 3.79. The van der Waals surface area contributed by atoms with Crippen molar-refractivity contribution in [1.82, 2.24) is 0 Å². The normalized spacial score (nSPS) is 16.5. The summed E-state index contributed by atoms with van der Waals surface area (Å²) < 4.78 is 26.6. The van der Waals surface area contributed by atoms with Gasteiger partial charge in [-0.1, -0.05) is 0 Å². The Bertz CT molecular complexity index is 907. The maximum atomic E-state index is 13.3. The fourth-order valence-electron chi connectivity index (χ4n) is 2.83. The number of halogens is 1. The van der Waals surface area contributed by atoms with Crippen LogP contribution in [0.25, 0.3) is 0 Å². The summed E-state index contributed by atoms with van der Waals surface area (Å²) in [6, 6.07) is 11.4. The standard InChI is InChI=1S/C22H27FN2O4S/c1-21(2,3)29-20(26)24-15-8-11-18-17(12-15)25(13-19(28-18)22(4,5)27)30-16-9-6-14(23)7-10-16/h6-12,19,27H,13H2,1-5H3,(H,24,26)/t19-/m0/s1. The fraction of sp³-hybridized carbons (Fsp3) is 0.409. The monoisotopic (exact) mass is 434 g/mol. The number of nitrogens with zero attached hydrogens (tertiary/aromatic N) is 1. The molecule has 0 spiro atoms. The van der Waals surface area contributed by atoms with Gasteiger partial charge in [0.05, 0.1) is 17.8 Å². The second-order valence-corrected chi connectivity index (χ2v) is 9.77. The molecule has 0 bridgehead atoms. The average molecular weight is 435 g/mol. The largest absolute Gasteiger partial charge is 0.483 e. The molecule has 2 aromatic carbocycles. The maximum Gasteiger partial charge on any atom is 0.412 e. The Morgan fingerprint density at radius 3 is 2.47 bits per heavy atom. The zero-order valence-electron chi connectivity index (χ0n) is 17.7. The molecule has 0 saturated heterocycles. The van der Waals surface area contributed by atoms with E-state index in [1.807, 2.05) is 4.31 Å². The highest BCUT2D eigenvalue weighted by Crippen LogP contribution is 2.42. The summed E-state index contributed by atoms with van der Waals surface area (Å²) >= 11 is 1.40. The third kappa shape index (κ3) is 5.79. The summed E-state index contributed by atoms with van der Waals surface area (Å²) in [6.07, 6.45) is -1.02. The number of carbonyl (C=O) groups is 1. The Kier molecular flexibility index (Phi) is 6.19. The van der Waals surface area contributed by atoms with E-state index in [-0.39, 0.29) is 5.82 Å². The van der Waals surface area contributed by atoms with Crippen LogP contribution >= 0.6 is 11.9 Å². The van der Waals surface area contributed by atoms with Crippen LogP contribution in [0.1, 0.15) is 34.6 Å². The van der Waals surface area contributed by atoms with Crippen molar-refractivity contribution in [2.45, 2.75) is 56.8 Å². The zero-order valence-corrected chi connectivity index (χ0v) is 18.5. The van der Waals surface area contributed by atoms with Gasteiger partial charge in [-0.25, -0.2) is 9.18 Å². The summed E-state index contributed by atoms with van der Waals surface area (Å²) in [5.74, 6) is 0.276. The van der Waals surface area contributed by atoms with Gasteiger partial charge in [-0.15, -0.1) is 0 Å². The van der Waals surface area contributed by atoms with Crippen LogP contribution in [0.4, 0.5) is 20.6 Å². The molecular weight excluding hydrogens is 407 g/mol. The van der Waals surface area contributed by atoms with E-state index in [0.29, 0.717) is 18.0 Å². The number of hydrogen-bond acceptors (Lipinski definition) is 6. The summed E-state index contributed by atoms with van der Waals surface area (Å²) in [4.78, 5) is 13.0. The number of nitrogens with one attached hydrogen (secondary N) is 1. The highest BCUT2D eigenvalue weighted by molar-refractivity contribution is 8.00. The van der Waals surface area contributed by atoms with Gasteiger partial charge >= 0.3 is 6.09 Å². The van der Waals surface area contributed by atoms with Crippen LogP contribution in [0.3, 0.4) is 0 Å². The van der Waals surface area contributed by atoms with E-state index in [9.17, 15) is 14.3 Å². The Balaban J connectivity index is 1.88. The molecule has 1 aliphatic rings. The number of carbonyl (C=O) groups excluding carboxylic acids is 1. The molecule has 1 aliphatic heterocycles. The van der Waals surface area contributed by atoms with Crippen molar-refractivity contribution in [2.75, 3.05) is 16.2 Å². The van der Waals surface area contributed by atoms with Crippen LogP contribution in [0.5, 0.6) is 5.75 Å². The maximum absolute atomic E-state index is 13.3. The SMILES string of the molecule is CC(C)(C)OC(=O)Nc1ccc2c(c1)N(Sc1ccc(F)cc1)C[C@@H](C(C)(C)O)O2. The van der Waals surface area contributed by atoms with Crippen LogP contribution in [-0.2, 0) is 4.74 Å². The number of hydrogen-bond donors (Lipinski definition) is 2. The highest BCUT2D eigenvalue weighted by Gasteiger charge is 2.36. The Morgan fingerprint density at radius 1 is 1.20 bits per heavy atom. The molecule has 1 atom stereocenters. The smallest absolute Gasteiger partial charge is 0.412 e. The summed E-state index contributed by atoms with van der Waals surface area (Å²) in [7, 11) is 0. The molecule has 30 heavy (non-hydrogen) atoms. The topological polar surface area (TPSA) is 71.0 Å². The Hall–Kier alpha value is -2.45. The van der Waals surface area contributed by atoms with Gasteiger partial charge in [0, 0.05) is 10.6 Å². The predicted octanol–water partition coefficient (Wildman–Crippen LogP) is 5.22. The molecule has 0 radical (unpaired) electrons. The van der Waals surface area contributed by atoms with Crippen molar-refractivity contribution in [1.29, 1.82) is 0 Å². The van der Waals surface area contributed by atoms with Crippen LogP contribution < -0.4 is 14.4 Å². The van der Waals surface area contributed by atoms with Crippen LogP contribution in [0.2, 0.25) is 0 Å². The third-order valence-electron chi connectivity index (χ3n) is 4.29. The lowest BCUT2D eigenvalue weighted by molar-refractivity contribution is -0.0311. The van der Waals surface area contributed by atoms with Gasteiger partial charge in [0.1, 0.15) is 23.3 Å². The van der Waals surface area contributed by atoms with Gasteiger partial charge in [0.25, 0.3) is 0 Å². The van der Waals surface area contributed by atoms with Crippen molar-refractivity contribution >= 4 is 29.4 Å². The number of ether oxygens (including phenoxy) is 2. The first-order chi connectivity index (χ1) is 13.9. The molecule has 0 aromatic heterocycles. The van der Waals surface area contributed by atoms with Crippen molar-refractivity contribution in [3.63, 3.8) is 0 Å². The zero-order chi connectivity index (χ0) is 22.1. The predicted molar refractivity (Wildman–Crippen MR) is 117 cm³/mol. The number of benzene rings is 2. The van der Waals surface area contributed by atoms with E-state index >= 15 is 0 Å². The summed E-state index contributed by atoms with van der Waals surface area (Å²) in [5, 5.41) is 13.2. The molecule has 1 heterocycles. The average Bonchev–Trinajstić information content (AvgIpc) is 2.61. The van der Waals surface area contributed by atoms with Crippen molar-refractivity contribution < 1.29 is 23.8 Å². The number of rotatable bonds is 4. The number of aliphatic hydroxyl groups is 1. The van der Waals surface area contributed by atoms with E-state index in [1.54, 1.807) is 65.0 Å². The van der Waals surface area contributed by atoms with Gasteiger partial charge in [-0.05, 0) is 89.0 Å². The van der Waals surface area contributed by atoms with E-state index in [0.717, 1.165) is 10.6 Å². The molecule has 0 unspecified atom stereocenters. The van der Waals surface area contributed by atoms with Gasteiger partial charge in [0.2, 0.25) is 0 Å². The van der Waals surface area contributed by atoms with E-state index in [4.69, 9.17) is 9.47 Å². The quantitative estimate of drug-likeness (QED) is 0.643. The summed E-state index contributed by atoms with van der Waals surface area (Å²) in [5.41, 5.74) is -0.380. The highest BCUT2D eigenvalue weighted by atomic mass is 32.2. The lowest BCUT2D eigenvalue weighted by Crippen LogP contribution is -2.49. The van der Waals surface area contributed by atoms with Gasteiger partial charge < -0.3 is 18.9 Å². The lowest BCUT2D eigenvalue weighted by Gasteiger charge is -2.40. The molecule has 162 valence electrons. The molecule has 0 fully saturated rings. The molecule has 3 rings (SSSR count). The van der Waals surface area contributed by atoms with Gasteiger partial charge in [0.15, 0.2) is 0 Å². The molecule has 1 amide bonds. The molecule has 2 aromatic rings. The second-order valence-electron chi connectivity index (χ2n) is 8.68. The first kappa shape index (κ1) is 22.2. The minimum atomic E-state index is -1.06. The van der Waals surface area contributed by atoms with E-state index in [1.165, 1.54) is 24.1 Å². The molecule has 0 aliphatic carbocycles. The third-order valence-corrected chi connectivity index (χ3v) is 5.34. The lowest BCUT2D eigenvalue weighted by atomic mass is 10.0. The second kappa shape index (κ2) is 8.35. The molecule has 6 nitrogen and oxygen atoms in total. The molecule has 2 N–H and O–H groups in total. The minimum absolute atomic E-state index is 0.306. The first-order valence-corrected chi connectivity index (χ1v) is 10.4. The summed E-state index contributed by atoms with van der Waals surface area (Å²) in [6.45, 7) is 9.18. The van der Waals surface area contributed by atoms with Gasteiger partial charge in [-0.2, -0.15) is 0 Å². The number of fused-ring (bicyclic) bond motifs is 1. The van der Waals surface area contributed by atoms with Gasteiger partial charge in [-0.3, -0.25) is 5.32 Å². The van der Waals surface area contributed by atoms with Crippen LogP contribution in [0, 0.1) is 5.82 Å². The van der Waals surface area contributed by atoms with Crippen LogP contribution in [-0.4, -0.2) is 35.1 Å². The molecular formula is C22H27FN2O4S. The first-order valence-electron chi connectivity index (χ1n) is 9.65. The van der Waals surface area contributed by atoms with E-state index in [2.05, 4.69) is 5.32 Å². The Morgan fingerprint density at radius 2 is 1.87 bits per heavy atom. The number of anilines is 2. The van der Waals surface area contributed by atoms with E-state index < -0.39 is 23.4 Å². The number of amides is 1. The van der Waals surface area contributed by atoms with Crippen molar-refractivity contribution in [2.24, 2.45) is 0 Å². The van der Waals surface area contributed by atoms with Crippen molar-refractivity contribution in [3.8, 4) is 5.75 Å². The molecule has 8 heteroatoms.